The molecule has 0 saturated heterocycles. The number of carbonyl (C=O) groups excluding carboxylic acids is 2. The van der Waals surface area contributed by atoms with Gasteiger partial charge < -0.3 is 16.4 Å². The first-order chi connectivity index (χ1) is 6.73. The molecule has 0 unspecified atom stereocenters. The Balaban J connectivity index is 2.25. The van der Waals surface area contributed by atoms with Crippen LogP contribution >= 0.6 is 0 Å². The summed E-state index contributed by atoms with van der Waals surface area (Å²) in [7, 11) is 0. The van der Waals surface area contributed by atoms with E-state index in [-0.39, 0.29) is 23.9 Å². The van der Waals surface area contributed by atoms with Gasteiger partial charge in [0.25, 0.3) is 0 Å². The zero-order chi connectivity index (χ0) is 11.7. The molecule has 0 aromatic rings. The second kappa shape index (κ2) is 3.81. The van der Waals surface area contributed by atoms with E-state index in [1.165, 1.54) is 0 Å². The maximum Gasteiger partial charge on any atom is 0.240 e. The van der Waals surface area contributed by atoms with Gasteiger partial charge in [-0.2, -0.15) is 0 Å². The highest BCUT2D eigenvalue weighted by molar-refractivity contribution is 5.92. The van der Waals surface area contributed by atoms with Crippen molar-refractivity contribution >= 4 is 11.8 Å². The largest absolute Gasteiger partial charge is 0.350 e. The number of hydrogen-bond donors (Lipinski definition) is 3. The van der Waals surface area contributed by atoms with Crippen LogP contribution in [0.5, 0.6) is 0 Å². The second-order valence-corrected chi connectivity index (χ2v) is 5.14. The summed E-state index contributed by atoms with van der Waals surface area (Å²) in [6.07, 6.45) is 1.42. The molecule has 0 spiro atoms. The van der Waals surface area contributed by atoms with Crippen molar-refractivity contribution in [1.82, 2.24) is 10.6 Å². The molecule has 1 saturated carbocycles. The Labute approximate surface area is 89.8 Å². The van der Waals surface area contributed by atoms with Crippen molar-refractivity contribution in [3.8, 4) is 0 Å². The number of rotatable bonds is 3. The minimum Gasteiger partial charge on any atom is -0.350 e. The van der Waals surface area contributed by atoms with Gasteiger partial charge in [0.05, 0.1) is 12.1 Å². The van der Waals surface area contributed by atoms with Gasteiger partial charge in [-0.15, -0.1) is 0 Å². The zero-order valence-corrected chi connectivity index (χ0v) is 9.52. The Morgan fingerprint density at radius 1 is 1.33 bits per heavy atom. The predicted molar refractivity (Wildman–Crippen MR) is 57.1 cm³/mol. The van der Waals surface area contributed by atoms with Crippen molar-refractivity contribution in [3.05, 3.63) is 0 Å². The molecule has 1 aliphatic carbocycles. The first-order valence-electron chi connectivity index (χ1n) is 5.11. The first-order valence-corrected chi connectivity index (χ1v) is 5.11. The zero-order valence-electron chi connectivity index (χ0n) is 9.52. The lowest BCUT2D eigenvalue weighted by Gasteiger charge is -2.20. The topological polar surface area (TPSA) is 84.2 Å². The maximum absolute atomic E-state index is 11.4. The van der Waals surface area contributed by atoms with Crippen molar-refractivity contribution in [2.75, 3.05) is 6.54 Å². The molecule has 0 aliphatic heterocycles. The van der Waals surface area contributed by atoms with Gasteiger partial charge in [0, 0.05) is 5.54 Å². The number of amides is 2. The standard InChI is InChI=1S/C10H19N3O2/c1-9(2,3)13-7(14)6-12-8(15)10(11)4-5-10/h4-6,11H2,1-3H3,(H,12,15)(H,13,14). The summed E-state index contributed by atoms with van der Waals surface area (Å²) in [5.74, 6) is -0.424. The molecule has 1 rings (SSSR count). The lowest BCUT2D eigenvalue weighted by atomic mass is 10.1. The SMILES string of the molecule is CC(C)(C)NC(=O)CNC(=O)C1(N)CC1. The molecule has 5 heteroatoms. The average Bonchev–Trinajstić information content (AvgIpc) is 2.77. The third kappa shape index (κ3) is 3.87. The van der Waals surface area contributed by atoms with Crippen LogP contribution in [-0.4, -0.2) is 29.4 Å². The summed E-state index contributed by atoms with van der Waals surface area (Å²) in [4.78, 5) is 22.7. The van der Waals surface area contributed by atoms with Gasteiger partial charge in [0.1, 0.15) is 0 Å². The third-order valence-corrected chi connectivity index (χ3v) is 2.16. The van der Waals surface area contributed by atoms with Crippen LogP contribution in [0.1, 0.15) is 33.6 Å². The molecule has 1 fully saturated rings. The third-order valence-electron chi connectivity index (χ3n) is 2.16. The van der Waals surface area contributed by atoms with E-state index in [1.54, 1.807) is 0 Å². The fraction of sp³-hybridized carbons (Fsp3) is 0.800. The Hall–Kier alpha value is -1.10. The number of nitrogens with one attached hydrogen (secondary N) is 2. The van der Waals surface area contributed by atoms with Crippen molar-refractivity contribution < 1.29 is 9.59 Å². The molecule has 5 nitrogen and oxygen atoms in total. The summed E-state index contributed by atoms with van der Waals surface area (Å²) in [5.41, 5.74) is 4.68. The minimum absolute atomic E-state index is 0.00491. The molecule has 0 heterocycles. The Morgan fingerprint density at radius 3 is 2.27 bits per heavy atom. The monoisotopic (exact) mass is 213 g/mol. The van der Waals surface area contributed by atoms with E-state index in [1.807, 2.05) is 20.8 Å². The van der Waals surface area contributed by atoms with Gasteiger partial charge in [0.15, 0.2) is 0 Å². The molecule has 0 aromatic carbocycles. The number of hydrogen-bond acceptors (Lipinski definition) is 3. The minimum atomic E-state index is -0.706. The van der Waals surface area contributed by atoms with Crippen LogP contribution in [0.3, 0.4) is 0 Å². The highest BCUT2D eigenvalue weighted by atomic mass is 16.2. The number of nitrogens with two attached hydrogens (primary N) is 1. The van der Waals surface area contributed by atoms with Gasteiger partial charge in [-0.3, -0.25) is 9.59 Å². The van der Waals surface area contributed by atoms with Crippen LogP contribution in [0.2, 0.25) is 0 Å². The van der Waals surface area contributed by atoms with E-state index in [0.717, 1.165) is 0 Å². The fourth-order valence-corrected chi connectivity index (χ4v) is 1.16. The highest BCUT2D eigenvalue weighted by Crippen LogP contribution is 2.31. The molecule has 0 bridgehead atoms. The lowest BCUT2D eigenvalue weighted by Crippen LogP contribution is -2.49. The molecule has 15 heavy (non-hydrogen) atoms. The molecule has 2 amide bonds. The quantitative estimate of drug-likeness (QED) is 0.591. The molecule has 0 atom stereocenters. The summed E-state index contributed by atoms with van der Waals surface area (Å²) in [5, 5.41) is 5.28. The van der Waals surface area contributed by atoms with Crippen LogP contribution in [0.15, 0.2) is 0 Å². The molecular weight excluding hydrogens is 194 g/mol. The molecule has 1 aliphatic rings. The Bertz CT molecular complexity index is 277. The number of carbonyl (C=O) groups is 2. The van der Waals surface area contributed by atoms with Gasteiger partial charge in [-0.25, -0.2) is 0 Å². The Kier molecular flexibility index (Phi) is 3.04. The predicted octanol–water partition coefficient (Wildman–Crippen LogP) is -0.491. The van der Waals surface area contributed by atoms with Gasteiger partial charge in [0.2, 0.25) is 11.8 Å². The van der Waals surface area contributed by atoms with Crippen LogP contribution in [0, 0.1) is 0 Å². The van der Waals surface area contributed by atoms with Crippen molar-refractivity contribution in [1.29, 1.82) is 0 Å². The lowest BCUT2D eigenvalue weighted by molar-refractivity contribution is -0.128. The average molecular weight is 213 g/mol. The van der Waals surface area contributed by atoms with E-state index in [9.17, 15) is 9.59 Å². The first kappa shape index (κ1) is 12.0. The summed E-state index contributed by atoms with van der Waals surface area (Å²) in [6, 6.07) is 0. The van der Waals surface area contributed by atoms with E-state index >= 15 is 0 Å². The van der Waals surface area contributed by atoms with Gasteiger partial charge in [-0.1, -0.05) is 0 Å². The molecule has 0 aromatic heterocycles. The summed E-state index contributed by atoms with van der Waals surface area (Å²) >= 11 is 0. The van der Waals surface area contributed by atoms with Crippen LogP contribution < -0.4 is 16.4 Å². The van der Waals surface area contributed by atoms with Crippen molar-refractivity contribution in [3.63, 3.8) is 0 Å². The van der Waals surface area contributed by atoms with Crippen LogP contribution in [-0.2, 0) is 9.59 Å². The molecule has 0 radical (unpaired) electrons. The molecule has 86 valence electrons. The normalized spacial score (nSPS) is 18.1. The second-order valence-electron chi connectivity index (χ2n) is 5.14. The van der Waals surface area contributed by atoms with E-state index < -0.39 is 5.54 Å². The van der Waals surface area contributed by atoms with E-state index in [4.69, 9.17) is 5.73 Å². The fourth-order valence-electron chi connectivity index (χ4n) is 1.16. The van der Waals surface area contributed by atoms with Crippen molar-refractivity contribution in [2.24, 2.45) is 5.73 Å². The summed E-state index contributed by atoms with van der Waals surface area (Å²) in [6.45, 7) is 5.66. The highest BCUT2D eigenvalue weighted by Gasteiger charge is 2.45. The van der Waals surface area contributed by atoms with E-state index in [2.05, 4.69) is 10.6 Å². The smallest absolute Gasteiger partial charge is 0.240 e. The van der Waals surface area contributed by atoms with Gasteiger partial charge >= 0.3 is 0 Å². The van der Waals surface area contributed by atoms with E-state index in [0.29, 0.717) is 12.8 Å². The molecule has 4 N–H and O–H groups in total. The Morgan fingerprint density at radius 2 is 1.87 bits per heavy atom. The van der Waals surface area contributed by atoms with Crippen LogP contribution in [0.4, 0.5) is 0 Å². The molecular formula is C10H19N3O2. The summed E-state index contributed by atoms with van der Waals surface area (Å²) < 4.78 is 0. The van der Waals surface area contributed by atoms with Crippen LogP contribution in [0.25, 0.3) is 0 Å². The van der Waals surface area contributed by atoms with Gasteiger partial charge in [-0.05, 0) is 33.6 Å². The maximum atomic E-state index is 11.4. The van der Waals surface area contributed by atoms with Crippen molar-refractivity contribution in [2.45, 2.75) is 44.7 Å².